The third-order valence-electron chi connectivity index (χ3n) is 3.13. The number of rotatable bonds is 3. The lowest BCUT2D eigenvalue weighted by atomic mass is 10.0. The zero-order valence-corrected chi connectivity index (χ0v) is 9.39. The Kier molecular flexibility index (Phi) is 3.19. The Morgan fingerprint density at radius 3 is 3.06 bits per heavy atom. The molecule has 1 saturated carbocycles. The van der Waals surface area contributed by atoms with E-state index < -0.39 is 0 Å². The van der Waals surface area contributed by atoms with Crippen LogP contribution in [0.2, 0.25) is 0 Å². The van der Waals surface area contributed by atoms with Crippen molar-refractivity contribution >= 4 is 5.91 Å². The zero-order valence-electron chi connectivity index (χ0n) is 9.39. The van der Waals surface area contributed by atoms with Gasteiger partial charge in [0.2, 0.25) is 5.91 Å². The van der Waals surface area contributed by atoms with Crippen molar-refractivity contribution in [2.45, 2.75) is 31.8 Å². The number of aryl methyl sites for hydroxylation is 1. The van der Waals surface area contributed by atoms with Crippen LogP contribution in [0.15, 0.2) is 6.33 Å². The fourth-order valence-electron chi connectivity index (χ4n) is 2.08. The fraction of sp³-hybridized carbons (Fsp3) is 0.700. The topological polar surface area (TPSA) is 85.8 Å². The first-order valence-electron chi connectivity index (χ1n) is 5.54. The molecular weight excluding hydrogens is 206 g/mol. The second kappa shape index (κ2) is 4.61. The first-order chi connectivity index (χ1) is 7.68. The van der Waals surface area contributed by atoms with Crippen LogP contribution < -0.4 is 11.1 Å². The van der Waals surface area contributed by atoms with Crippen molar-refractivity contribution in [1.82, 2.24) is 20.1 Å². The van der Waals surface area contributed by atoms with Gasteiger partial charge in [0.15, 0.2) is 5.82 Å². The average molecular weight is 223 g/mol. The number of carbonyl (C=O) groups excluding carboxylic acids is 1. The molecule has 2 unspecified atom stereocenters. The SMILES string of the molecule is Cn1cnnc1CNC(=O)C1CCCC1N. The van der Waals surface area contributed by atoms with Crippen LogP contribution in [-0.2, 0) is 18.4 Å². The van der Waals surface area contributed by atoms with Gasteiger partial charge in [0.05, 0.1) is 12.5 Å². The van der Waals surface area contributed by atoms with Gasteiger partial charge < -0.3 is 15.6 Å². The third kappa shape index (κ3) is 2.21. The molecule has 6 heteroatoms. The first kappa shape index (κ1) is 11.1. The van der Waals surface area contributed by atoms with Gasteiger partial charge in [0.25, 0.3) is 0 Å². The zero-order chi connectivity index (χ0) is 11.5. The first-order valence-corrected chi connectivity index (χ1v) is 5.54. The number of nitrogens with zero attached hydrogens (tertiary/aromatic N) is 3. The molecule has 2 atom stereocenters. The molecule has 0 bridgehead atoms. The monoisotopic (exact) mass is 223 g/mol. The molecule has 0 aliphatic heterocycles. The van der Waals surface area contributed by atoms with Crippen LogP contribution in [0, 0.1) is 5.92 Å². The van der Waals surface area contributed by atoms with Crippen molar-refractivity contribution in [3.63, 3.8) is 0 Å². The van der Waals surface area contributed by atoms with Crippen molar-refractivity contribution in [3.8, 4) is 0 Å². The van der Waals surface area contributed by atoms with E-state index in [0.29, 0.717) is 6.54 Å². The molecule has 1 heterocycles. The normalized spacial score (nSPS) is 24.6. The Morgan fingerprint density at radius 1 is 1.69 bits per heavy atom. The Balaban J connectivity index is 1.86. The number of hydrogen-bond donors (Lipinski definition) is 2. The van der Waals surface area contributed by atoms with Crippen LogP contribution in [0.25, 0.3) is 0 Å². The van der Waals surface area contributed by atoms with Gasteiger partial charge in [-0.15, -0.1) is 10.2 Å². The molecule has 3 N–H and O–H groups in total. The number of hydrogen-bond acceptors (Lipinski definition) is 4. The predicted molar refractivity (Wildman–Crippen MR) is 58.2 cm³/mol. The molecule has 1 fully saturated rings. The van der Waals surface area contributed by atoms with E-state index in [0.717, 1.165) is 25.1 Å². The summed E-state index contributed by atoms with van der Waals surface area (Å²) in [6.45, 7) is 0.415. The van der Waals surface area contributed by atoms with Crippen LogP contribution in [0.1, 0.15) is 25.1 Å². The molecule has 1 aromatic heterocycles. The maximum atomic E-state index is 11.8. The number of aromatic nitrogens is 3. The Bertz CT molecular complexity index is 375. The second-order valence-corrected chi connectivity index (χ2v) is 4.28. The van der Waals surface area contributed by atoms with Crippen molar-refractivity contribution in [2.24, 2.45) is 18.7 Å². The van der Waals surface area contributed by atoms with E-state index in [1.54, 1.807) is 10.9 Å². The van der Waals surface area contributed by atoms with E-state index in [2.05, 4.69) is 15.5 Å². The molecule has 16 heavy (non-hydrogen) atoms. The van der Waals surface area contributed by atoms with Crippen molar-refractivity contribution in [2.75, 3.05) is 0 Å². The largest absolute Gasteiger partial charge is 0.349 e. The number of amides is 1. The van der Waals surface area contributed by atoms with Crippen molar-refractivity contribution < 1.29 is 4.79 Å². The van der Waals surface area contributed by atoms with Gasteiger partial charge in [-0.25, -0.2) is 0 Å². The van der Waals surface area contributed by atoms with Gasteiger partial charge in [-0.3, -0.25) is 4.79 Å². The summed E-state index contributed by atoms with van der Waals surface area (Å²) in [5.74, 6) is 0.751. The lowest BCUT2D eigenvalue weighted by Gasteiger charge is -2.14. The maximum absolute atomic E-state index is 11.8. The summed E-state index contributed by atoms with van der Waals surface area (Å²) in [5.41, 5.74) is 5.86. The highest BCUT2D eigenvalue weighted by atomic mass is 16.1. The van der Waals surface area contributed by atoms with Gasteiger partial charge in [-0.2, -0.15) is 0 Å². The van der Waals surface area contributed by atoms with Crippen LogP contribution in [0.5, 0.6) is 0 Å². The summed E-state index contributed by atoms with van der Waals surface area (Å²) >= 11 is 0. The molecule has 6 nitrogen and oxygen atoms in total. The van der Waals surface area contributed by atoms with Gasteiger partial charge in [-0.05, 0) is 12.8 Å². The third-order valence-corrected chi connectivity index (χ3v) is 3.13. The molecule has 0 radical (unpaired) electrons. The highest BCUT2D eigenvalue weighted by Gasteiger charge is 2.29. The lowest BCUT2D eigenvalue weighted by molar-refractivity contribution is -0.125. The fourth-order valence-corrected chi connectivity index (χ4v) is 2.08. The summed E-state index contributed by atoms with van der Waals surface area (Å²) < 4.78 is 1.79. The molecule has 2 rings (SSSR count). The molecule has 0 spiro atoms. The summed E-state index contributed by atoms with van der Waals surface area (Å²) in [4.78, 5) is 11.8. The standard InChI is InChI=1S/C10H17N5O/c1-15-6-13-14-9(15)5-12-10(16)7-3-2-4-8(7)11/h6-8H,2-5,11H2,1H3,(H,12,16). The Morgan fingerprint density at radius 2 is 2.50 bits per heavy atom. The number of nitrogens with one attached hydrogen (secondary N) is 1. The van der Waals surface area contributed by atoms with Gasteiger partial charge >= 0.3 is 0 Å². The van der Waals surface area contributed by atoms with Crippen LogP contribution >= 0.6 is 0 Å². The molecule has 1 aliphatic carbocycles. The average Bonchev–Trinajstić information content (AvgIpc) is 2.84. The smallest absolute Gasteiger partial charge is 0.225 e. The Hall–Kier alpha value is -1.43. The quantitative estimate of drug-likeness (QED) is 0.727. The summed E-state index contributed by atoms with van der Waals surface area (Å²) in [6.07, 6.45) is 4.50. The molecular formula is C10H17N5O. The maximum Gasteiger partial charge on any atom is 0.225 e. The molecule has 1 aliphatic rings. The lowest BCUT2D eigenvalue weighted by Crippen LogP contribution is -2.38. The van der Waals surface area contributed by atoms with Crippen LogP contribution in [0.4, 0.5) is 0 Å². The Labute approximate surface area is 94.2 Å². The van der Waals surface area contributed by atoms with Crippen LogP contribution in [0.3, 0.4) is 0 Å². The highest BCUT2D eigenvalue weighted by Crippen LogP contribution is 2.23. The molecule has 0 saturated heterocycles. The minimum Gasteiger partial charge on any atom is -0.349 e. The number of nitrogens with two attached hydrogens (primary N) is 1. The van der Waals surface area contributed by atoms with Crippen LogP contribution in [-0.4, -0.2) is 26.7 Å². The van der Waals surface area contributed by atoms with E-state index in [1.165, 1.54) is 0 Å². The van der Waals surface area contributed by atoms with Gasteiger partial charge in [0.1, 0.15) is 6.33 Å². The van der Waals surface area contributed by atoms with Gasteiger partial charge in [0, 0.05) is 13.1 Å². The van der Waals surface area contributed by atoms with Gasteiger partial charge in [-0.1, -0.05) is 6.42 Å². The van der Waals surface area contributed by atoms with E-state index in [1.807, 2.05) is 7.05 Å². The molecule has 1 aromatic rings. The molecule has 0 aromatic carbocycles. The van der Waals surface area contributed by atoms with Crippen molar-refractivity contribution in [3.05, 3.63) is 12.2 Å². The predicted octanol–water partition coefficient (Wildman–Crippen LogP) is -0.441. The van der Waals surface area contributed by atoms with E-state index in [9.17, 15) is 4.79 Å². The summed E-state index contributed by atoms with van der Waals surface area (Å²) in [6, 6.07) is 0.0134. The summed E-state index contributed by atoms with van der Waals surface area (Å²) in [5, 5.41) is 10.5. The van der Waals surface area contributed by atoms with E-state index in [4.69, 9.17) is 5.73 Å². The molecule has 1 amide bonds. The highest BCUT2D eigenvalue weighted by molar-refractivity contribution is 5.79. The second-order valence-electron chi connectivity index (χ2n) is 4.28. The van der Waals surface area contributed by atoms with Crippen molar-refractivity contribution in [1.29, 1.82) is 0 Å². The minimum absolute atomic E-state index is 0.0134. The number of carbonyl (C=O) groups is 1. The molecule has 88 valence electrons. The van der Waals surface area contributed by atoms with E-state index >= 15 is 0 Å². The van der Waals surface area contributed by atoms with E-state index in [-0.39, 0.29) is 17.9 Å². The minimum atomic E-state index is -0.0340. The summed E-state index contributed by atoms with van der Waals surface area (Å²) in [7, 11) is 1.85.